The predicted molar refractivity (Wildman–Crippen MR) is 79.3 cm³/mol. The molecule has 1 fully saturated rings. The molecule has 0 aromatic heterocycles. The maximum Gasteiger partial charge on any atom is 0.303 e. The van der Waals surface area contributed by atoms with E-state index in [-0.39, 0.29) is 6.42 Å². The first-order valence-electron chi connectivity index (χ1n) is 7.48. The average molecular weight is 276 g/mol. The van der Waals surface area contributed by atoms with Crippen molar-refractivity contribution in [2.45, 2.75) is 51.4 Å². The van der Waals surface area contributed by atoms with Crippen molar-refractivity contribution in [2.75, 3.05) is 7.11 Å². The smallest absolute Gasteiger partial charge is 0.303 e. The number of aliphatic carboxylic acids is 1. The Hall–Kier alpha value is -1.51. The Kier molecular flexibility index (Phi) is 5.05. The second-order valence-electron chi connectivity index (χ2n) is 5.93. The van der Waals surface area contributed by atoms with Crippen LogP contribution in [-0.2, 0) is 11.2 Å². The van der Waals surface area contributed by atoms with Gasteiger partial charge in [-0.25, -0.2) is 0 Å². The Labute approximate surface area is 121 Å². The third-order valence-corrected chi connectivity index (χ3v) is 4.38. The zero-order valence-electron chi connectivity index (χ0n) is 12.4. The molecule has 1 aliphatic carbocycles. The Morgan fingerprint density at radius 2 is 2.00 bits per heavy atom. The van der Waals surface area contributed by atoms with Gasteiger partial charge < -0.3 is 9.84 Å². The molecular formula is C17H24O3. The number of hydrogen-bond donors (Lipinski definition) is 1. The molecule has 0 unspecified atom stereocenters. The number of ether oxygens (including phenoxy) is 1. The van der Waals surface area contributed by atoms with Crippen LogP contribution in [0.3, 0.4) is 0 Å². The van der Waals surface area contributed by atoms with E-state index >= 15 is 0 Å². The molecule has 0 spiro atoms. The Bertz CT molecular complexity index is 459. The fourth-order valence-electron chi connectivity index (χ4n) is 3.08. The molecule has 0 saturated heterocycles. The third-order valence-electron chi connectivity index (χ3n) is 4.38. The Morgan fingerprint density at radius 1 is 1.30 bits per heavy atom. The maximum atomic E-state index is 10.7. The maximum absolute atomic E-state index is 10.7. The molecule has 1 N–H and O–H groups in total. The molecule has 0 heterocycles. The normalized spacial score (nSPS) is 22.5. The fraction of sp³-hybridized carbons (Fsp3) is 0.588. The summed E-state index contributed by atoms with van der Waals surface area (Å²) in [4.78, 5) is 10.7. The summed E-state index contributed by atoms with van der Waals surface area (Å²) in [6.07, 6.45) is 5.74. The quantitative estimate of drug-likeness (QED) is 0.884. The largest absolute Gasteiger partial charge is 0.496 e. The summed E-state index contributed by atoms with van der Waals surface area (Å²) in [6, 6.07) is 6.13. The van der Waals surface area contributed by atoms with E-state index in [2.05, 4.69) is 13.0 Å². The van der Waals surface area contributed by atoms with Crippen molar-refractivity contribution in [2.24, 2.45) is 5.92 Å². The molecule has 1 aromatic rings. The van der Waals surface area contributed by atoms with E-state index in [9.17, 15) is 4.79 Å². The van der Waals surface area contributed by atoms with Gasteiger partial charge in [-0.3, -0.25) is 4.79 Å². The van der Waals surface area contributed by atoms with Crippen LogP contribution in [0, 0.1) is 5.92 Å². The fourth-order valence-corrected chi connectivity index (χ4v) is 3.08. The van der Waals surface area contributed by atoms with Crippen LogP contribution >= 0.6 is 0 Å². The lowest BCUT2D eigenvalue weighted by atomic mass is 9.79. The number of carboxylic acid groups (broad SMARTS) is 1. The molecule has 2 rings (SSSR count). The monoisotopic (exact) mass is 276 g/mol. The minimum atomic E-state index is -0.742. The van der Waals surface area contributed by atoms with Crippen LogP contribution in [0.2, 0.25) is 0 Å². The molecule has 1 aliphatic rings. The lowest BCUT2D eigenvalue weighted by molar-refractivity contribution is -0.136. The highest BCUT2D eigenvalue weighted by Gasteiger charge is 2.22. The first-order valence-corrected chi connectivity index (χ1v) is 7.48. The van der Waals surface area contributed by atoms with Crippen LogP contribution in [0.25, 0.3) is 0 Å². The van der Waals surface area contributed by atoms with E-state index in [1.807, 2.05) is 12.1 Å². The van der Waals surface area contributed by atoms with Crippen LogP contribution in [0.5, 0.6) is 5.75 Å². The number of hydrogen-bond acceptors (Lipinski definition) is 2. The van der Waals surface area contributed by atoms with Crippen LogP contribution in [0.4, 0.5) is 0 Å². The Morgan fingerprint density at radius 3 is 2.60 bits per heavy atom. The molecule has 3 heteroatoms. The third kappa shape index (κ3) is 3.75. The summed E-state index contributed by atoms with van der Waals surface area (Å²) in [6.45, 7) is 2.32. The van der Waals surface area contributed by atoms with E-state index in [1.54, 1.807) is 7.11 Å². The predicted octanol–water partition coefficient (Wildman–Crippen LogP) is 4.01. The minimum Gasteiger partial charge on any atom is -0.496 e. The SMILES string of the molecule is COc1ccc(CCC(=O)O)cc1C1CCC(C)CC1. The number of carboxylic acids is 1. The summed E-state index contributed by atoms with van der Waals surface area (Å²) in [5.74, 6) is 1.59. The second kappa shape index (κ2) is 6.78. The van der Waals surface area contributed by atoms with Gasteiger partial charge in [0.05, 0.1) is 7.11 Å². The van der Waals surface area contributed by atoms with E-state index in [4.69, 9.17) is 9.84 Å². The molecular weight excluding hydrogens is 252 g/mol. The second-order valence-corrected chi connectivity index (χ2v) is 5.93. The highest BCUT2D eigenvalue weighted by atomic mass is 16.5. The van der Waals surface area contributed by atoms with Crippen molar-refractivity contribution in [3.8, 4) is 5.75 Å². The van der Waals surface area contributed by atoms with Gasteiger partial charge in [0.1, 0.15) is 5.75 Å². The number of aryl methyl sites for hydroxylation is 1. The standard InChI is InChI=1S/C17H24O3/c1-12-3-7-14(8-4-12)15-11-13(6-10-17(18)19)5-9-16(15)20-2/h5,9,11-12,14H,3-4,6-8,10H2,1-2H3,(H,18,19). The van der Waals surface area contributed by atoms with Crippen LogP contribution in [0.15, 0.2) is 18.2 Å². The molecule has 3 nitrogen and oxygen atoms in total. The molecule has 0 aliphatic heterocycles. The van der Waals surface area contributed by atoms with Crippen molar-refractivity contribution < 1.29 is 14.6 Å². The van der Waals surface area contributed by atoms with Gasteiger partial charge >= 0.3 is 5.97 Å². The van der Waals surface area contributed by atoms with Gasteiger partial charge in [-0.1, -0.05) is 31.9 Å². The number of carbonyl (C=O) groups is 1. The van der Waals surface area contributed by atoms with Gasteiger partial charge in [-0.05, 0) is 48.3 Å². The van der Waals surface area contributed by atoms with Crippen molar-refractivity contribution >= 4 is 5.97 Å². The van der Waals surface area contributed by atoms with Crippen LogP contribution in [0.1, 0.15) is 56.1 Å². The first-order chi connectivity index (χ1) is 9.60. The highest BCUT2D eigenvalue weighted by Crippen LogP contribution is 2.39. The van der Waals surface area contributed by atoms with Crippen molar-refractivity contribution in [1.82, 2.24) is 0 Å². The van der Waals surface area contributed by atoms with Crippen LogP contribution < -0.4 is 4.74 Å². The van der Waals surface area contributed by atoms with Gasteiger partial charge in [0.25, 0.3) is 0 Å². The summed E-state index contributed by atoms with van der Waals surface area (Å²) in [5.41, 5.74) is 2.36. The van der Waals surface area contributed by atoms with E-state index in [0.717, 1.165) is 17.2 Å². The van der Waals surface area contributed by atoms with Gasteiger partial charge in [-0.2, -0.15) is 0 Å². The zero-order valence-corrected chi connectivity index (χ0v) is 12.4. The summed E-state index contributed by atoms with van der Waals surface area (Å²) in [7, 11) is 1.71. The van der Waals surface area contributed by atoms with Gasteiger partial charge in [-0.15, -0.1) is 0 Å². The molecule has 1 saturated carbocycles. The van der Waals surface area contributed by atoms with Crippen molar-refractivity contribution in [3.63, 3.8) is 0 Å². The zero-order chi connectivity index (χ0) is 14.5. The molecule has 110 valence electrons. The molecule has 0 amide bonds. The molecule has 1 aromatic carbocycles. The summed E-state index contributed by atoms with van der Waals surface area (Å²) >= 11 is 0. The van der Waals surface area contributed by atoms with Crippen LogP contribution in [-0.4, -0.2) is 18.2 Å². The lowest BCUT2D eigenvalue weighted by Gasteiger charge is -2.28. The van der Waals surface area contributed by atoms with Gasteiger partial charge in [0, 0.05) is 6.42 Å². The van der Waals surface area contributed by atoms with E-state index < -0.39 is 5.97 Å². The summed E-state index contributed by atoms with van der Waals surface area (Å²) < 4.78 is 5.49. The van der Waals surface area contributed by atoms with Crippen molar-refractivity contribution in [3.05, 3.63) is 29.3 Å². The molecule has 0 bridgehead atoms. The highest BCUT2D eigenvalue weighted by molar-refractivity contribution is 5.67. The van der Waals surface area contributed by atoms with Gasteiger partial charge in [0.15, 0.2) is 0 Å². The Balaban J connectivity index is 2.16. The summed E-state index contributed by atoms with van der Waals surface area (Å²) in [5, 5.41) is 8.80. The van der Waals surface area contributed by atoms with Crippen molar-refractivity contribution in [1.29, 1.82) is 0 Å². The minimum absolute atomic E-state index is 0.188. The molecule has 20 heavy (non-hydrogen) atoms. The number of rotatable bonds is 5. The number of methoxy groups -OCH3 is 1. The number of benzene rings is 1. The lowest BCUT2D eigenvalue weighted by Crippen LogP contribution is -2.12. The topological polar surface area (TPSA) is 46.5 Å². The van der Waals surface area contributed by atoms with Gasteiger partial charge in [0.2, 0.25) is 0 Å². The molecule has 0 radical (unpaired) electrons. The average Bonchev–Trinajstić information content (AvgIpc) is 2.45. The first kappa shape index (κ1) is 14.9. The molecule has 0 atom stereocenters. The van der Waals surface area contributed by atoms with E-state index in [1.165, 1.54) is 31.2 Å². The van der Waals surface area contributed by atoms with E-state index in [0.29, 0.717) is 12.3 Å².